The van der Waals surface area contributed by atoms with Gasteiger partial charge >= 0.3 is 5.76 Å². The number of aromatic nitrogens is 1. The van der Waals surface area contributed by atoms with Gasteiger partial charge in [-0.25, -0.2) is 4.79 Å². The number of benzene rings is 1. The number of H-pyrrole nitrogens is 1. The van der Waals surface area contributed by atoms with Crippen LogP contribution in [0.5, 0.6) is 0 Å². The molecular formula is C19H23N3O4. The Bertz CT molecular complexity index is 878. The van der Waals surface area contributed by atoms with Crippen LogP contribution >= 0.6 is 0 Å². The first-order valence-corrected chi connectivity index (χ1v) is 9.33. The van der Waals surface area contributed by atoms with E-state index >= 15 is 0 Å². The second-order valence-corrected chi connectivity index (χ2v) is 7.18. The number of aromatic amines is 1. The van der Waals surface area contributed by atoms with Gasteiger partial charge in [0.25, 0.3) is 5.91 Å². The molecule has 1 saturated carbocycles. The lowest BCUT2D eigenvalue weighted by Crippen LogP contribution is -2.39. The summed E-state index contributed by atoms with van der Waals surface area (Å²) in [7, 11) is 0. The van der Waals surface area contributed by atoms with Crippen LogP contribution in [-0.4, -0.2) is 52.8 Å². The normalized spacial score (nSPS) is 19.1. The van der Waals surface area contributed by atoms with E-state index in [0.717, 1.165) is 32.1 Å². The zero-order valence-corrected chi connectivity index (χ0v) is 14.7. The Morgan fingerprint density at radius 1 is 1.00 bits per heavy atom. The monoisotopic (exact) mass is 357 g/mol. The van der Waals surface area contributed by atoms with E-state index in [1.54, 1.807) is 23.1 Å². The quantitative estimate of drug-likeness (QED) is 0.890. The molecule has 2 aromatic rings. The second-order valence-electron chi connectivity index (χ2n) is 7.18. The number of carbonyl (C=O) groups excluding carboxylic acids is 2. The molecular weight excluding hydrogens is 334 g/mol. The number of hydrogen-bond acceptors (Lipinski definition) is 4. The molecule has 1 N–H and O–H groups in total. The van der Waals surface area contributed by atoms with E-state index in [-0.39, 0.29) is 17.7 Å². The van der Waals surface area contributed by atoms with Gasteiger partial charge in [-0.3, -0.25) is 14.6 Å². The summed E-state index contributed by atoms with van der Waals surface area (Å²) in [4.78, 5) is 43.0. The highest BCUT2D eigenvalue weighted by Crippen LogP contribution is 2.27. The third-order valence-electron chi connectivity index (χ3n) is 5.47. The number of hydrogen-bond donors (Lipinski definition) is 1. The average Bonchev–Trinajstić information content (AvgIpc) is 3.23. The van der Waals surface area contributed by atoms with E-state index in [2.05, 4.69) is 4.98 Å². The average molecular weight is 357 g/mol. The molecule has 2 heterocycles. The number of rotatable bonds is 2. The Morgan fingerprint density at radius 2 is 1.73 bits per heavy atom. The molecule has 0 spiro atoms. The zero-order chi connectivity index (χ0) is 18.1. The van der Waals surface area contributed by atoms with Crippen molar-refractivity contribution < 1.29 is 14.0 Å². The van der Waals surface area contributed by atoms with Crippen molar-refractivity contribution in [1.82, 2.24) is 14.8 Å². The van der Waals surface area contributed by atoms with Gasteiger partial charge in [-0.1, -0.05) is 12.8 Å². The third-order valence-corrected chi connectivity index (χ3v) is 5.47. The first-order valence-electron chi connectivity index (χ1n) is 9.33. The van der Waals surface area contributed by atoms with Crippen LogP contribution in [-0.2, 0) is 4.79 Å². The molecule has 7 nitrogen and oxygen atoms in total. The summed E-state index contributed by atoms with van der Waals surface area (Å²) in [6, 6.07) is 4.98. The van der Waals surface area contributed by atoms with Crippen molar-refractivity contribution in [3.8, 4) is 0 Å². The summed E-state index contributed by atoms with van der Waals surface area (Å²) in [6.45, 7) is 2.46. The molecule has 26 heavy (non-hydrogen) atoms. The van der Waals surface area contributed by atoms with Crippen LogP contribution in [0.2, 0.25) is 0 Å². The number of fused-ring (bicyclic) bond motifs is 1. The predicted octanol–water partition coefficient (Wildman–Crippen LogP) is 1.99. The SMILES string of the molecule is O=C(c1ccc2[nH]c(=O)oc2c1)N1CCCN(C(=O)C2CCCC2)CC1. The molecule has 1 aromatic carbocycles. The van der Waals surface area contributed by atoms with Crippen LogP contribution in [0.4, 0.5) is 0 Å². The smallest absolute Gasteiger partial charge is 0.408 e. The van der Waals surface area contributed by atoms with Crippen molar-refractivity contribution in [3.63, 3.8) is 0 Å². The molecule has 4 rings (SSSR count). The van der Waals surface area contributed by atoms with E-state index < -0.39 is 5.76 Å². The number of amides is 2. The van der Waals surface area contributed by atoms with Gasteiger partial charge in [-0.2, -0.15) is 0 Å². The Labute approximate surface area is 150 Å². The van der Waals surface area contributed by atoms with E-state index in [4.69, 9.17) is 4.42 Å². The van der Waals surface area contributed by atoms with E-state index in [1.807, 2.05) is 4.90 Å². The number of oxazole rings is 1. The van der Waals surface area contributed by atoms with Crippen LogP contribution in [0, 0.1) is 5.92 Å². The highest BCUT2D eigenvalue weighted by molar-refractivity contribution is 5.97. The van der Waals surface area contributed by atoms with Gasteiger partial charge in [0.05, 0.1) is 5.52 Å². The molecule has 0 bridgehead atoms. The minimum Gasteiger partial charge on any atom is -0.408 e. The molecule has 0 radical (unpaired) electrons. The van der Waals surface area contributed by atoms with Gasteiger partial charge < -0.3 is 14.2 Å². The van der Waals surface area contributed by atoms with E-state index in [9.17, 15) is 14.4 Å². The molecule has 7 heteroatoms. The largest absolute Gasteiger partial charge is 0.417 e. The Kier molecular flexibility index (Phi) is 4.53. The summed E-state index contributed by atoms with van der Waals surface area (Å²) in [5.74, 6) is -0.185. The minimum absolute atomic E-state index is 0.0917. The highest BCUT2D eigenvalue weighted by Gasteiger charge is 2.29. The third kappa shape index (κ3) is 3.25. The van der Waals surface area contributed by atoms with Crippen molar-refractivity contribution in [1.29, 1.82) is 0 Å². The fourth-order valence-corrected chi connectivity index (χ4v) is 4.03. The van der Waals surface area contributed by atoms with Gasteiger partial charge in [0.2, 0.25) is 5.91 Å². The van der Waals surface area contributed by atoms with Crippen molar-refractivity contribution in [3.05, 3.63) is 34.3 Å². The Hall–Kier alpha value is -2.57. The topological polar surface area (TPSA) is 86.6 Å². The Morgan fingerprint density at radius 3 is 2.54 bits per heavy atom. The maximum atomic E-state index is 12.8. The van der Waals surface area contributed by atoms with Crippen LogP contribution < -0.4 is 5.76 Å². The number of nitrogens with zero attached hydrogens (tertiary/aromatic N) is 2. The first-order chi connectivity index (χ1) is 12.6. The molecule has 2 aliphatic rings. The van der Waals surface area contributed by atoms with Crippen LogP contribution in [0.3, 0.4) is 0 Å². The molecule has 2 fully saturated rings. The molecule has 1 aliphatic carbocycles. The van der Waals surface area contributed by atoms with Crippen LogP contribution in [0.25, 0.3) is 11.1 Å². The molecule has 1 aromatic heterocycles. The van der Waals surface area contributed by atoms with Crippen molar-refractivity contribution in [2.45, 2.75) is 32.1 Å². The van der Waals surface area contributed by atoms with Crippen molar-refractivity contribution in [2.75, 3.05) is 26.2 Å². The van der Waals surface area contributed by atoms with Crippen LogP contribution in [0.15, 0.2) is 27.4 Å². The summed E-state index contributed by atoms with van der Waals surface area (Å²) >= 11 is 0. The summed E-state index contributed by atoms with van der Waals surface area (Å²) in [5.41, 5.74) is 1.46. The van der Waals surface area contributed by atoms with E-state index in [0.29, 0.717) is 42.8 Å². The fraction of sp³-hybridized carbons (Fsp3) is 0.526. The second kappa shape index (κ2) is 6.97. The predicted molar refractivity (Wildman–Crippen MR) is 95.9 cm³/mol. The molecule has 1 aliphatic heterocycles. The molecule has 1 saturated heterocycles. The lowest BCUT2D eigenvalue weighted by molar-refractivity contribution is -0.135. The number of carbonyl (C=O) groups is 2. The molecule has 138 valence electrons. The highest BCUT2D eigenvalue weighted by atomic mass is 16.4. The molecule has 0 unspecified atom stereocenters. The molecule has 2 amide bonds. The lowest BCUT2D eigenvalue weighted by Gasteiger charge is -2.24. The zero-order valence-electron chi connectivity index (χ0n) is 14.7. The van der Waals surface area contributed by atoms with Crippen LogP contribution in [0.1, 0.15) is 42.5 Å². The minimum atomic E-state index is -0.527. The first kappa shape index (κ1) is 16.9. The van der Waals surface area contributed by atoms with Gasteiger partial charge in [-0.15, -0.1) is 0 Å². The summed E-state index contributed by atoms with van der Waals surface area (Å²) < 4.78 is 5.04. The van der Waals surface area contributed by atoms with Crippen molar-refractivity contribution >= 4 is 22.9 Å². The van der Waals surface area contributed by atoms with Gasteiger partial charge in [0, 0.05) is 37.7 Å². The van der Waals surface area contributed by atoms with Gasteiger partial charge in [-0.05, 0) is 37.5 Å². The molecule has 0 atom stereocenters. The lowest BCUT2D eigenvalue weighted by atomic mass is 10.1. The summed E-state index contributed by atoms with van der Waals surface area (Å²) in [6.07, 6.45) is 5.07. The summed E-state index contributed by atoms with van der Waals surface area (Å²) in [5, 5.41) is 0. The Balaban J connectivity index is 1.44. The number of nitrogens with one attached hydrogen (secondary N) is 1. The standard InChI is InChI=1S/C19H23N3O4/c23-17(13-4-1-2-5-13)21-8-3-9-22(11-10-21)18(24)14-6-7-15-16(12-14)26-19(25)20-15/h6-7,12-13H,1-5,8-11H2,(H,20,25). The maximum absolute atomic E-state index is 12.8. The van der Waals surface area contributed by atoms with Crippen molar-refractivity contribution in [2.24, 2.45) is 5.92 Å². The van der Waals surface area contributed by atoms with E-state index in [1.165, 1.54) is 0 Å². The maximum Gasteiger partial charge on any atom is 0.417 e. The van der Waals surface area contributed by atoms with Gasteiger partial charge in [0.1, 0.15) is 0 Å². The van der Waals surface area contributed by atoms with Gasteiger partial charge in [0.15, 0.2) is 5.58 Å². The fourth-order valence-electron chi connectivity index (χ4n) is 4.03.